The molecule has 0 radical (unpaired) electrons. The smallest absolute Gasteiger partial charge is 0.259 e. The van der Waals surface area contributed by atoms with E-state index in [1.54, 1.807) is 18.2 Å². The van der Waals surface area contributed by atoms with Gasteiger partial charge in [-0.25, -0.2) is 8.78 Å². The summed E-state index contributed by atoms with van der Waals surface area (Å²) in [6, 6.07) is 14.1. The Morgan fingerprint density at radius 3 is 2.57 bits per heavy atom. The molecule has 0 fully saturated rings. The second-order valence-corrected chi connectivity index (χ2v) is 6.15. The lowest BCUT2D eigenvalue weighted by Gasteiger charge is -2.12. The minimum Gasteiger partial charge on any atom is -0.507 e. The fourth-order valence-corrected chi connectivity index (χ4v) is 2.88. The van der Waals surface area contributed by atoms with Crippen molar-refractivity contribution >= 4 is 11.6 Å². The zero-order chi connectivity index (χ0) is 20.3. The van der Waals surface area contributed by atoms with Gasteiger partial charge in [-0.1, -0.05) is 13.0 Å². The van der Waals surface area contributed by atoms with Gasteiger partial charge in [0.25, 0.3) is 5.91 Å². The number of carbonyl (C=O) groups is 1. The molecule has 0 unspecified atom stereocenters. The van der Waals surface area contributed by atoms with Crippen LogP contribution in [0.15, 0.2) is 54.6 Å². The summed E-state index contributed by atoms with van der Waals surface area (Å²) in [6.07, 6.45) is 0.595. The lowest BCUT2D eigenvalue weighted by Crippen LogP contribution is -2.13. The minimum atomic E-state index is -0.766. The molecule has 0 saturated heterocycles. The second kappa shape index (κ2) is 7.89. The van der Waals surface area contributed by atoms with Crippen LogP contribution in [-0.4, -0.2) is 11.0 Å². The van der Waals surface area contributed by atoms with Crippen molar-refractivity contribution in [2.24, 2.45) is 0 Å². The number of carbonyl (C=O) groups excluding carboxylic acids is 1. The topological polar surface area (TPSA) is 73.1 Å². The quantitative estimate of drug-likeness (QED) is 0.669. The van der Waals surface area contributed by atoms with E-state index in [0.29, 0.717) is 23.2 Å². The van der Waals surface area contributed by atoms with Crippen molar-refractivity contribution in [3.05, 3.63) is 82.9 Å². The molecule has 3 aromatic rings. The van der Waals surface area contributed by atoms with Gasteiger partial charge in [-0.2, -0.15) is 5.26 Å². The first-order chi connectivity index (χ1) is 13.4. The normalized spacial score (nSPS) is 10.4. The van der Waals surface area contributed by atoms with Gasteiger partial charge in [0.15, 0.2) is 0 Å². The van der Waals surface area contributed by atoms with Crippen molar-refractivity contribution in [3.8, 4) is 22.9 Å². The third-order valence-electron chi connectivity index (χ3n) is 4.35. The predicted molar refractivity (Wildman–Crippen MR) is 102 cm³/mol. The van der Waals surface area contributed by atoms with Crippen LogP contribution in [0.5, 0.6) is 5.75 Å². The van der Waals surface area contributed by atoms with E-state index in [4.69, 9.17) is 5.26 Å². The van der Waals surface area contributed by atoms with Crippen molar-refractivity contribution in [1.29, 1.82) is 5.26 Å². The van der Waals surface area contributed by atoms with Gasteiger partial charge < -0.3 is 10.4 Å². The van der Waals surface area contributed by atoms with Crippen LogP contribution in [0.25, 0.3) is 11.1 Å². The first-order valence-electron chi connectivity index (χ1n) is 8.55. The molecule has 1 amide bonds. The zero-order valence-electron chi connectivity index (χ0n) is 15.0. The van der Waals surface area contributed by atoms with Crippen LogP contribution < -0.4 is 5.32 Å². The summed E-state index contributed by atoms with van der Waals surface area (Å²) in [5.74, 6) is -2.32. The molecule has 0 aromatic heterocycles. The van der Waals surface area contributed by atoms with Gasteiger partial charge in [0.1, 0.15) is 17.4 Å². The first-order valence-corrected chi connectivity index (χ1v) is 8.55. The Bertz CT molecular complexity index is 1100. The van der Waals surface area contributed by atoms with Crippen LogP contribution >= 0.6 is 0 Å². The van der Waals surface area contributed by atoms with E-state index in [-0.39, 0.29) is 16.9 Å². The number of anilines is 1. The van der Waals surface area contributed by atoms with E-state index in [2.05, 4.69) is 5.32 Å². The van der Waals surface area contributed by atoms with Crippen molar-refractivity contribution in [2.45, 2.75) is 13.3 Å². The predicted octanol–water partition coefficient (Wildman–Crippen LogP) is 5.02. The second-order valence-electron chi connectivity index (χ2n) is 6.15. The maximum atomic E-state index is 14.1. The van der Waals surface area contributed by atoms with Gasteiger partial charge in [0.05, 0.1) is 17.2 Å². The molecule has 6 heteroatoms. The van der Waals surface area contributed by atoms with Gasteiger partial charge in [0, 0.05) is 17.3 Å². The molecule has 28 heavy (non-hydrogen) atoms. The van der Waals surface area contributed by atoms with Gasteiger partial charge in [-0.3, -0.25) is 4.79 Å². The molecule has 0 saturated carbocycles. The fourth-order valence-electron chi connectivity index (χ4n) is 2.88. The first kappa shape index (κ1) is 19.1. The Morgan fingerprint density at radius 1 is 1.11 bits per heavy atom. The van der Waals surface area contributed by atoms with Crippen molar-refractivity contribution in [2.75, 3.05) is 5.32 Å². The number of nitriles is 1. The Kier molecular flexibility index (Phi) is 5.37. The van der Waals surface area contributed by atoms with Gasteiger partial charge in [0.2, 0.25) is 0 Å². The lowest BCUT2D eigenvalue weighted by atomic mass is 10.0. The third-order valence-corrected chi connectivity index (χ3v) is 4.35. The SMILES string of the molecule is CCc1cc(C#N)ccc1NC(=O)c1cc(-c2ccc(F)cc2F)ccc1O. The molecule has 2 N–H and O–H groups in total. The minimum absolute atomic E-state index is 0.0485. The van der Waals surface area contributed by atoms with Crippen LogP contribution in [0.3, 0.4) is 0 Å². The van der Waals surface area contributed by atoms with Crippen molar-refractivity contribution in [3.63, 3.8) is 0 Å². The van der Waals surface area contributed by atoms with Gasteiger partial charge >= 0.3 is 0 Å². The summed E-state index contributed by atoms with van der Waals surface area (Å²) < 4.78 is 27.2. The van der Waals surface area contributed by atoms with Gasteiger partial charge in [-0.05, 0) is 60.0 Å². The molecule has 0 bridgehead atoms. The van der Waals surface area contributed by atoms with E-state index >= 15 is 0 Å². The van der Waals surface area contributed by atoms with E-state index < -0.39 is 17.5 Å². The molecule has 0 aliphatic heterocycles. The average molecular weight is 378 g/mol. The highest BCUT2D eigenvalue weighted by Gasteiger charge is 2.16. The van der Waals surface area contributed by atoms with Crippen LogP contribution in [0.1, 0.15) is 28.4 Å². The monoisotopic (exact) mass is 378 g/mol. The van der Waals surface area contributed by atoms with E-state index in [0.717, 1.165) is 17.7 Å². The van der Waals surface area contributed by atoms with Crippen LogP contribution in [0, 0.1) is 23.0 Å². The number of hydrogen-bond acceptors (Lipinski definition) is 3. The fraction of sp³-hybridized carbons (Fsp3) is 0.0909. The number of halogens is 2. The highest BCUT2D eigenvalue weighted by atomic mass is 19.1. The summed E-state index contributed by atoms with van der Waals surface area (Å²) >= 11 is 0. The van der Waals surface area contributed by atoms with Crippen LogP contribution in [0.4, 0.5) is 14.5 Å². The number of benzene rings is 3. The molecule has 0 aliphatic rings. The molecule has 0 aliphatic carbocycles. The van der Waals surface area contributed by atoms with E-state index in [1.807, 2.05) is 13.0 Å². The molecule has 4 nitrogen and oxygen atoms in total. The molecule has 140 valence electrons. The summed E-state index contributed by atoms with van der Waals surface area (Å²) in [5.41, 5.74) is 2.16. The largest absolute Gasteiger partial charge is 0.507 e. The Morgan fingerprint density at radius 2 is 1.89 bits per heavy atom. The number of amides is 1. The summed E-state index contributed by atoms with van der Waals surface area (Å²) in [6.45, 7) is 1.89. The van der Waals surface area contributed by atoms with Crippen molar-refractivity contribution < 1.29 is 18.7 Å². The van der Waals surface area contributed by atoms with Gasteiger partial charge in [-0.15, -0.1) is 0 Å². The molecule has 3 rings (SSSR count). The molecular formula is C22H16F2N2O2. The summed E-state index contributed by atoms with van der Waals surface area (Å²) in [4.78, 5) is 12.7. The number of hydrogen-bond donors (Lipinski definition) is 2. The van der Waals surface area contributed by atoms with E-state index in [9.17, 15) is 18.7 Å². The Hall–Kier alpha value is -3.72. The molecular weight excluding hydrogens is 362 g/mol. The summed E-state index contributed by atoms with van der Waals surface area (Å²) in [7, 11) is 0. The maximum Gasteiger partial charge on any atom is 0.259 e. The molecule has 0 atom stereocenters. The molecule has 0 heterocycles. The Balaban J connectivity index is 1.95. The number of aromatic hydroxyl groups is 1. The molecule has 3 aromatic carbocycles. The number of nitrogens with zero attached hydrogens (tertiary/aromatic N) is 1. The standard InChI is InChI=1S/C22H16F2N2O2/c1-2-14-9-13(12-25)3-7-20(14)26-22(28)18-10-15(4-8-21(18)27)17-6-5-16(23)11-19(17)24/h3-11,27H,2H2,1H3,(H,26,28). The van der Waals surface area contributed by atoms with Crippen molar-refractivity contribution in [1.82, 2.24) is 0 Å². The van der Waals surface area contributed by atoms with Crippen LogP contribution in [-0.2, 0) is 6.42 Å². The van der Waals surface area contributed by atoms with E-state index in [1.165, 1.54) is 24.3 Å². The third kappa shape index (κ3) is 3.84. The molecule has 0 spiro atoms. The Labute approximate surface area is 160 Å². The number of nitrogens with one attached hydrogen (secondary N) is 1. The average Bonchev–Trinajstić information content (AvgIpc) is 2.69. The maximum absolute atomic E-state index is 14.1. The number of phenols is 1. The number of phenolic OH excluding ortho intramolecular Hbond substituents is 1. The highest BCUT2D eigenvalue weighted by Crippen LogP contribution is 2.29. The lowest BCUT2D eigenvalue weighted by molar-refractivity contribution is 0.102. The zero-order valence-corrected chi connectivity index (χ0v) is 15.0. The number of aryl methyl sites for hydroxylation is 1. The number of rotatable bonds is 4. The highest BCUT2D eigenvalue weighted by molar-refractivity contribution is 6.07. The van der Waals surface area contributed by atoms with Crippen LogP contribution in [0.2, 0.25) is 0 Å². The summed E-state index contributed by atoms with van der Waals surface area (Å²) in [5, 5.41) is 21.8.